The third kappa shape index (κ3) is 8.22. The summed E-state index contributed by atoms with van der Waals surface area (Å²) in [5, 5.41) is 24.2. The van der Waals surface area contributed by atoms with Crippen molar-refractivity contribution in [1.82, 2.24) is 0 Å². The fourth-order valence-corrected chi connectivity index (χ4v) is 4.88. The van der Waals surface area contributed by atoms with E-state index in [-0.39, 0.29) is 17.9 Å². The number of methoxy groups -OCH3 is 1. The van der Waals surface area contributed by atoms with Gasteiger partial charge in [-0.1, -0.05) is 25.1 Å². The number of benzene rings is 2. The largest absolute Gasteiger partial charge is 0.504 e. The highest BCUT2D eigenvalue weighted by molar-refractivity contribution is 8.02. The number of ether oxygens (including phenoxy) is 3. The Morgan fingerprint density at radius 3 is 2.61 bits per heavy atom. The zero-order chi connectivity index (χ0) is 28.1. The molecule has 0 spiro atoms. The number of rotatable bonds is 8. The van der Waals surface area contributed by atoms with Crippen LogP contribution in [0.15, 0.2) is 41.8 Å². The summed E-state index contributed by atoms with van der Waals surface area (Å²) in [4.78, 5) is 0. The van der Waals surface area contributed by atoms with Crippen LogP contribution in [0.3, 0.4) is 0 Å². The molecule has 38 heavy (non-hydrogen) atoms. The number of phenolic OH excluding ortho intramolecular Hbond substituents is 1. The lowest BCUT2D eigenvalue weighted by Gasteiger charge is -2.34. The second-order valence-corrected chi connectivity index (χ2v) is 10.4. The lowest BCUT2D eigenvalue weighted by molar-refractivity contribution is 0.0955. The fraction of sp³-hybridized carbons (Fsp3) is 0.419. The van der Waals surface area contributed by atoms with Gasteiger partial charge in [0.1, 0.15) is 12.4 Å². The van der Waals surface area contributed by atoms with E-state index in [0.717, 1.165) is 40.3 Å². The molecule has 0 saturated heterocycles. The maximum atomic E-state index is 10.1. The molecule has 2 aliphatic heterocycles. The number of aromatic hydroxyl groups is 1. The van der Waals surface area contributed by atoms with Crippen LogP contribution < -0.4 is 14.8 Å². The van der Waals surface area contributed by atoms with E-state index in [1.54, 1.807) is 37.9 Å². The van der Waals surface area contributed by atoms with Gasteiger partial charge in [-0.15, -0.1) is 24.1 Å². The Hall–Kier alpha value is -3.05. The average Bonchev–Trinajstić information content (AvgIpc) is 2.87. The normalized spacial score (nSPS) is 14.0. The molecule has 7 heteroatoms. The highest BCUT2D eigenvalue weighted by Gasteiger charge is 2.30. The van der Waals surface area contributed by atoms with Gasteiger partial charge < -0.3 is 29.7 Å². The number of thioether (sulfide) groups is 1. The van der Waals surface area contributed by atoms with Crippen LogP contribution in [-0.4, -0.2) is 48.4 Å². The molecule has 4 rings (SSSR count). The fourth-order valence-electron chi connectivity index (χ4n) is 4.42. The summed E-state index contributed by atoms with van der Waals surface area (Å²) < 4.78 is 16.5. The van der Waals surface area contributed by atoms with Gasteiger partial charge in [-0.05, 0) is 74.6 Å². The standard InChI is InChI=1S/C20H21NO3.C8H16O2S.C3H4/c1-11-9-20(2,3)21-14-6-5-12-13(17(11)14)10-24-16-8-7-15(22)19(23-4)18(12)16;1-2-11-8-4-3-6-10-7-5-9;1-3-2/h5-9,21-22H,10H2,1-4H3;4,8-9H,2-3,5-7H2,1H3;1H,2H3/b;8-4-;. The lowest BCUT2D eigenvalue weighted by Crippen LogP contribution is -2.32. The zero-order valence-electron chi connectivity index (χ0n) is 23.4. The van der Waals surface area contributed by atoms with Crippen LogP contribution in [0.4, 0.5) is 5.69 Å². The van der Waals surface area contributed by atoms with Crippen LogP contribution in [0.5, 0.6) is 17.2 Å². The van der Waals surface area contributed by atoms with Crippen LogP contribution in [0.1, 0.15) is 52.2 Å². The summed E-state index contributed by atoms with van der Waals surface area (Å²) in [5.74, 6) is 4.69. The van der Waals surface area contributed by atoms with Crippen molar-refractivity contribution in [1.29, 1.82) is 0 Å². The molecule has 0 saturated carbocycles. The summed E-state index contributed by atoms with van der Waals surface area (Å²) >= 11 is 1.79. The summed E-state index contributed by atoms with van der Waals surface area (Å²) in [6.07, 6.45) is 9.86. The molecule has 2 aromatic carbocycles. The van der Waals surface area contributed by atoms with Crippen molar-refractivity contribution in [2.45, 2.75) is 53.2 Å². The molecule has 0 aromatic heterocycles. The molecule has 206 valence electrons. The van der Waals surface area contributed by atoms with Crippen molar-refractivity contribution in [3.63, 3.8) is 0 Å². The molecule has 0 atom stereocenters. The molecule has 6 nitrogen and oxygen atoms in total. The van der Waals surface area contributed by atoms with Crippen LogP contribution in [-0.2, 0) is 11.3 Å². The van der Waals surface area contributed by atoms with Crippen LogP contribution in [0.25, 0.3) is 16.7 Å². The third-order valence-corrected chi connectivity index (χ3v) is 6.43. The van der Waals surface area contributed by atoms with E-state index in [1.165, 1.54) is 11.1 Å². The number of allylic oxidation sites excluding steroid dienone is 1. The van der Waals surface area contributed by atoms with E-state index < -0.39 is 0 Å². The molecule has 0 unspecified atom stereocenters. The Kier molecular flexibility index (Phi) is 12.6. The van der Waals surface area contributed by atoms with Gasteiger partial charge in [0.05, 0.1) is 38.0 Å². The summed E-state index contributed by atoms with van der Waals surface area (Å²) in [5.41, 5.74) is 6.45. The summed E-state index contributed by atoms with van der Waals surface area (Å²) in [7, 11) is 1.57. The van der Waals surface area contributed by atoms with Gasteiger partial charge in [-0.25, -0.2) is 0 Å². The number of aliphatic hydroxyl groups is 1. The Balaban J connectivity index is 0.000000306. The maximum absolute atomic E-state index is 10.1. The number of nitrogens with one attached hydrogen (secondary N) is 1. The first-order valence-corrected chi connectivity index (χ1v) is 13.8. The maximum Gasteiger partial charge on any atom is 0.172 e. The quantitative estimate of drug-likeness (QED) is 0.250. The highest BCUT2D eigenvalue weighted by atomic mass is 32.2. The predicted octanol–water partition coefficient (Wildman–Crippen LogP) is 6.86. The van der Waals surface area contributed by atoms with Crippen molar-refractivity contribution in [2.24, 2.45) is 0 Å². The Bertz CT molecular complexity index is 1160. The predicted molar refractivity (Wildman–Crippen MR) is 160 cm³/mol. The number of hydrogen-bond acceptors (Lipinski definition) is 7. The van der Waals surface area contributed by atoms with Crippen LogP contribution in [0, 0.1) is 12.3 Å². The number of hydrogen-bond donors (Lipinski definition) is 3. The molecule has 0 aliphatic carbocycles. The number of aliphatic hydroxyl groups excluding tert-OH is 1. The van der Waals surface area contributed by atoms with Crippen molar-refractivity contribution >= 4 is 23.0 Å². The molecular formula is C31H41NO5S. The van der Waals surface area contributed by atoms with Gasteiger partial charge in [-0.3, -0.25) is 0 Å². The number of anilines is 1. The Labute approximate surface area is 232 Å². The first-order valence-electron chi connectivity index (χ1n) is 12.7. The second kappa shape index (κ2) is 15.4. The van der Waals surface area contributed by atoms with Gasteiger partial charge in [0, 0.05) is 16.8 Å². The molecule has 0 fully saturated rings. The number of fused-ring (bicyclic) bond motifs is 5. The minimum absolute atomic E-state index is 0.0747. The van der Waals surface area contributed by atoms with E-state index in [2.05, 4.69) is 75.0 Å². The van der Waals surface area contributed by atoms with Crippen molar-refractivity contribution in [3.05, 3.63) is 53.0 Å². The smallest absolute Gasteiger partial charge is 0.172 e. The lowest BCUT2D eigenvalue weighted by atomic mass is 9.84. The minimum Gasteiger partial charge on any atom is -0.504 e. The molecular weight excluding hydrogens is 498 g/mol. The van der Waals surface area contributed by atoms with Crippen molar-refractivity contribution < 1.29 is 24.4 Å². The molecule has 2 heterocycles. The van der Waals surface area contributed by atoms with E-state index in [4.69, 9.17) is 19.3 Å². The second-order valence-electron chi connectivity index (χ2n) is 9.21. The van der Waals surface area contributed by atoms with Crippen molar-refractivity contribution in [3.8, 4) is 40.7 Å². The van der Waals surface area contributed by atoms with E-state index in [1.807, 2.05) is 0 Å². The molecule has 2 aromatic rings. The van der Waals surface area contributed by atoms with E-state index in [0.29, 0.717) is 25.6 Å². The first-order chi connectivity index (χ1) is 18.2. The first kappa shape index (κ1) is 31.2. The zero-order valence-corrected chi connectivity index (χ0v) is 24.2. The SMILES string of the molecule is C#CC.CCS/C=C\CCOCCO.COc1c(O)ccc2c1-c1ccc3c(c1CO2)C(C)=CC(C)(C)N3. The van der Waals surface area contributed by atoms with Crippen LogP contribution >= 0.6 is 11.8 Å². The van der Waals surface area contributed by atoms with Crippen molar-refractivity contribution in [2.75, 3.05) is 38.0 Å². The van der Waals surface area contributed by atoms with Gasteiger partial charge in [0.15, 0.2) is 11.5 Å². The third-order valence-electron chi connectivity index (χ3n) is 5.71. The number of terminal acetylenes is 1. The van der Waals surface area contributed by atoms with Gasteiger partial charge >= 0.3 is 0 Å². The monoisotopic (exact) mass is 539 g/mol. The summed E-state index contributed by atoms with van der Waals surface area (Å²) in [6, 6.07) is 7.58. The van der Waals surface area contributed by atoms with E-state index >= 15 is 0 Å². The summed E-state index contributed by atoms with van der Waals surface area (Å²) in [6.45, 7) is 12.0. The van der Waals surface area contributed by atoms with Crippen LogP contribution in [0.2, 0.25) is 0 Å². The molecule has 0 amide bonds. The van der Waals surface area contributed by atoms with Gasteiger partial charge in [0.25, 0.3) is 0 Å². The Morgan fingerprint density at radius 1 is 1.21 bits per heavy atom. The molecule has 0 bridgehead atoms. The molecule has 2 aliphatic rings. The topological polar surface area (TPSA) is 80.2 Å². The minimum atomic E-state index is -0.0747. The molecule has 3 N–H and O–H groups in total. The van der Waals surface area contributed by atoms with Gasteiger partial charge in [-0.2, -0.15) is 0 Å². The number of phenols is 1. The Morgan fingerprint density at radius 2 is 1.95 bits per heavy atom. The van der Waals surface area contributed by atoms with E-state index in [9.17, 15) is 5.11 Å². The molecule has 0 radical (unpaired) electrons. The van der Waals surface area contributed by atoms with Gasteiger partial charge in [0.2, 0.25) is 0 Å². The highest BCUT2D eigenvalue weighted by Crippen LogP contribution is 2.50. The average molecular weight is 540 g/mol.